The quantitative estimate of drug-likeness (QED) is 0.791. The second kappa shape index (κ2) is 5.13. The lowest BCUT2D eigenvalue weighted by molar-refractivity contribution is 0.0944. The fourth-order valence-corrected chi connectivity index (χ4v) is 2.03. The van der Waals surface area contributed by atoms with Gasteiger partial charge in [0.1, 0.15) is 17.3 Å². The SMILES string of the molecule is Cc1nc(C(=O)NCc2ccco2)c2ccccc2n1. The highest BCUT2D eigenvalue weighted by atomic mass is 16.3. The fourth-order valence-electron chi connectivity index (χ4n) is 2.03. The summed E-state index contributed by atoms with van der Waals surface area (Å²) in [6.45, 7) is 2.11. The van der Waals surface area contributed by atoms with Crippen molar-refractivity contribution in [1.29, 1.82) is 0 Å². The summed E-state index contributed by atoms with van der Waals surface area (Å²) in [6, 6.07) is 11.1. The highest BCUT2D eigenvalue weighted by Gasteiger charge is 2.13. The summed E-state index contributed by atoms with van der Waals surface area (Å²) in [7, 11) is 0. The van der Waals surface area contributed by atoms with Gasteiger partial charge in [-0.05, 0) is 25.1 Å². The van der Waals surface area contributed by atoms with Gasteiger partial charge < -0.3 is 9.73 Å². The van der Waals surface area contributed by atoms with Gasteiger partial charge in [-0.15, -0.1) is 0 Å². The molecule has 5 heteroatoms. The van der Waals surface area contributed by atoms with Crippen LogP contribution in [0.3, 0.4) is 0 Å². The maximum atomic E-state index is 12.3. The Kier molecular flexibility index (Phi) is 3.16. The lowest BCUT2D eigenvalue weighted by atomic mass is 10.1. The number of carbonyl (C=O) groups is 1. The van der Waals surface area contributed by atoms with Crippen LogP contribution in [-0.2, 0) is 6.54 Å². The van der Waals surface area contributed by atoms with Crippen LogP contribution in [0.25, 0.3) is 10.9 Å². The van der Waals surface area contributed by atoms with E-state index in [0.717, 1.165) is 10.9 Å². The normalized spacial score (nSPS) is 10.7. The molecule has 3 rings (SSSR count). The summed E-state index contributed by atoms with van der Waals surface area (Å²) < 4.78 is 5.18. The number of rotatable bonds is 3. The van der Waals surface area contributed by atoms with Crippen LogP contribution in [0.15, 0.2) is 47.1 Å². The Labute approximate surface area is 115 Å². The van der Waals surface area contributed by atoms with Crippen molar-refractivity contribution in [1.82, 2.24) is 15.3 Å². The van der Waals surface area contributed by atoms with E-state index in [0.29, 0.717) is 23.8 Å². The molecule has 1 aromatic carbocycles. The third-order valence-electron chi connectivity index (χ3n) is 2.93. The van der Waals surface area contributed by atoms with Crippen molar-refractivity contribution >= 4 is 16.8 Å². The van der Waals surface area contributed by atoms with Crippen LogP contribution in [0.5, 0.6) is 0 Å². The molecule has 1 amide bonds. The lowest BCUT2D eigenvalue weighted by Crippen LogP contribution is -2.24. The Morgan fingerprint density at radius 2 is 2.05 bits per heavy atom. The molecule has 0 aliphatic rings. The molecule has 0 fully saturated rings. The van der Waals surface area contributed by atoms with Crippen molar-refractivity contribution in [3.8, 4) is 0 Å². The molecule has 0 aliphatic carbocycles. The zero-order chi connectivity index (χ0) is 13.9. The highest BCUT2D eigenvalue weighted by Crippen LogP contribution is 2.15. The summed E-state index contributed by atoms with van der Waals surface area (Å²) in [5.41, 5.74) is 1.16. The maximum Gasteiger partial charge on any atom is 0.271 e. The van der Waals surface area contributed by atoms with E-state index in [4.69, 9.17) is 4.42 Å². The molecule has 3 aromatic rings. The monoisotopic (exact) mass is 267 g/mol. The molecule has 0 spiro atoms. The first-order valence-electron chi connectivity index (χ1n) is 6.28. The number of amides is 1. The van der Waals surface area contributed by atoms with Gasteiger partial charge in [-0.3, -0.25) is 4.79 Å². The van der Waals surface area contributed by atoms with E-state index >= 15 is 0 Å². The Hall–Kier alpha value is -2.69. The van der Waals surface area contributed by atoms with Crippen LogP contribution >= 0.6 is 0 Å². The Bertz CT molecular complexity index is 751. The number of fused-ring (bicyclic) bond motifs is 1. The van der Waals surface area contributed by atoms with Crippen LogP contribution < -0.4 is 5.32 Å². The molecule has 100 valence electrons. The minimum Gasteiger partial charge on any atom is -0.467 e. The predicted octanol–water partition coefficient (Wildman–Crippen LogP) is 2.46. The van der Waals surface area contributed by atoms with Crippen molar-refractivity contribution in [3.05, 3.63) is 59.9 Å². The van der Waals surface area contributed by atoms with Gasteiger partial charge >= 0.3 is 0 Å². The number of furan rings is 1. The fraction of sp³-hybridized carbons (Fsp3) is 0.133. The molecule has 2 aromatic heterocycles. The van der Waals surface area contributed by atoms with Crippen LogP contribution in [-0.4, -0.2) is 15.9 Å². The Morgan fingerprint density at radius 1 is 1.20 bits per heavy atom. The van der Waals surface area contributed by atoms with Crippen molar-refractivity contribution in [2.45, 2.75) is 13.5 Å². The summed E-state index contributed by atoms with van der Waals surface area (Å²) in [5, 5.41) is 3.54. The predicted molar refractivity (Wildman–Crippen MR) is 74.2 cm³/mol. The molecule has 2 heterocycles. The van der Waals surface area contributed by atoms with Crippen molar-refractivity contribution < 1.29 is 9.21 Å². The summed E-state index contributed by atoms with van der Waals surface area (Å²) in [5.74, 6) is 1.04. The van der Waals surface area contributed by atoms with Crippen LogP contribution in [0.2, 0.25) is 0 Å². The van der Waals surface area contributed by atoms with Gasteiger partial charge in [0.2, 0.25) is 0 Å². The number of nitrogens with one attached hydrogen (secondary N) is 1. The molecular formula is C15H13N3O2. The second-order valence-corrected chi connectivity index (χ2v) is 4.40. The van der Waals surface area contributed by atoms with Gasteiger partial charge in [0.25, 0.3) is 5.91 Å². The maximum absolute atomic E-state index is 12.3. The Morgan fingerprint density at radius 3 is 2.85 bits per heavy atom. The molecule has 20 heavy (non-hydrogen) atoms. The second-order valence-electron chi connectivity index (χ2n) is 4.40. The van der Waals surface area contributed by atoms with Crippen LogP contribution in [0.1, 0.15) is 22.1 Å². The minimum absolute atomic E-state index is 0.233. The number of hydrogen-bond donors (Lipinski definition) is 1. The van der Waals surface area contributed by atoms with Crippen molar-refractivity contribution in [2.24, 2.45) is 0 Å². The molecule has 0 atom stereocenters. The third-order valence-corrected chi connectivity index (χ3v) is 2.93. The molecule has 0 saturated carbocycles. The van der Waals surface area contributed by atoms with Crippen molar-refractivity contribution in [3.63, 3.8) is 0 Å². The first kappa shape index (κ1) is 12.3. The summed E-state index contributed by atoms with van der Waals surface area (Å²) >= 11 is 0. The lowest BCUT2D eigenvalue weighted by Gasteiger charge is -2.07. The summed E-state index contributed by atoms with van der Waals surface area (Å²) in [6.07, 6.45) is 1.58. The third kappa shape index (κ3) is 2.38. The van der Waals surface area contributed by atoms with E-state index < -0.39 is 0 Å². The molecule has 0 saturated heterocycles. The number of aryl methyl sites for hydroxylation is 1. The van der Waals surface area contributed by atoms with E-state index in [1.165, 1.54) is 0 Å². The van der Waals surface area contributed by atoms with Gasteiger partial charge in [-0.1, -0.05) is 18.2 Å². The number of aromatic nitrogens is 2. The summed E-state index contributed by atoms with van der Waals surface area (Å²) in [4.78, 5) is 20.8. The van der Waals surface area contributed by atoms with E-state index in [-0.39, 0.29) is 5.91 Å². The van der Waals surface area contributed by atoms with Crippen molar-refractivity contribution in [2.75, 3.05) is 0 Å². The zero-order valence-electron chi connectivity index (χ0n) is 11.0. The largest absolute Gasteiger partial charge is 0.467 e. The first-order chi connectivity index (χ1) is 9.74. The van der Waals surface area contributed by atoms with E-state index in [2.05, 4.69) is 15.3 Å². The number of para-hydroxylation sites is 1. The molecule has 1 N–H and O–H groups in total. The molecule has 0 radical (unpaired) electrons. The van der Waals surface area contributed by atoms with Crippen LogP contribution in [0.4, 0.5) is 0 Å². The average Bonchev–Trinajstić information content (AvgIpc) is 2.97. The van der Waals surface area contributed by atoms with E-state index in [9.17, 15) is 4.79 Å². The number of nitrogens with zero attached hydrogens (tertiary/aromatic N) is 2. The molecule has 0 aliphatic heterocycles. The smallest absolute Gasteiger partial charge is 0.271 e. The van der Waals surface area contributed by atoms with Gasteiger partial charge in [0.15, 0.2) is 0 Å². The molecule has 5 nitrogen and oxygen atoms in total. The van der Waals surface area contributed by atoms with Crippen LogP contribution in [0, 0.1) is 6.92 Å². The molecule has 0 bridgehead atoms. The Balaban J connectivity index is 1.90. The minimum atomic E-state index is -0.233. The van der Waals surface area contributed by atoms with Gasteiger partial charge in [0, 0.05) is 5.39 Å². The highest BCUT2D eigenvalue weighted by molar-refractivity contribution is 6.04. The zero-order valence-corrected chi connectivity index (χ0v) is 11.0. The van der Waals surface area contributed by atoms with Gasteiger partial charge in [0.05, 0.1) is 18.3 Å². The standard InChI is InChI=1S/C15H13N3O2/c1-10-17-13-7-3-2-6-12(13)14(18-10)15(19)16-9-11-5-4-8-20-11/h2-8H,9H2,1H3,(H,16,19). The topological polar surface area (TPSA) is 68.0 Å². The molecular weight excluding hydrogens is 254 g/mol. The first-order valence-corrected chi connectivity index (χ1v) is 6.28. The van der Waals surface area contributed by atoms with E-state index in [1.54, 1.807) is 19.3 Å². The van der Waals surface area contributed by atoms with E-state index in [1.807, 2.05) is 30.3 Å². The molecule has 0 unspecified atom stereocenters. The number of hydrogen-bond acceptors (Lipinski definition) is 4. The number of carbonyl (C=O) groups excluding carboxylic acids is 1. The van der Waals surface area contributed by atoms with Gasteiger partial charge in [-0.25, -0.2) is 9.97 Å². The van der Waals surface area contributed by atoms with Gasteiger partial charge in [-0.2, -0.15) is 0 Å². The average molecular weight is 267 g/mol. The number of benzene rings is 1.